The largest absolute Gasteiger partial charge is 0.355 e. The average Bonchev–Trinajstić information content (AvgIpc) is 3.32. The van der Waals surface area contributed by atoms with E-state index in [4.69, 9.17) is 0 Å². The molecule has 0 aliphatic carbocycles. The molecule has 0 saturated heterocycles. The number of benzene rings is 9. The first kappa shape index (κ1) is 38.7. The van der Waals surface area contributed by atoms with Gasteiger partial charge in [0.25, 0.3) is 0 Å². The normalized spacial score (nSPS) is 11.1. The van der Waals surface area contributed by atoms with Crippen LogP contribution < -0.4 is 20.0 Å². The van der Waals surface area contributed by atoms with Crippen molar-refractivity contribution in [2.24, 2.45) is 0 Å². The topological polar surface area (TPSA) is 21.8 Å². The smallest absolute Gasteiger partial charge is 0.0466 e. The Morgan fingerprint density at radius 2 is 0.607 bits per heavy atom. The van der Waals surface area contributed by atoms with Gasteiger partial charge in [0.1, 0.15) is 0 Å². The van der Waals surface area contributed by atoms with Crippen LogP contribution in [0, 0.1) is 0 Å². The van der Waals surface area contributed by atoms with E-state index >= 15 is 0 Å². The molecule has 0 bridgehead atoms. The van der Waals surface area contributed by atoms with Crippen molar-refractivity contribution in [1.82, 2.24) is 0 Å². The van der Waals surface area contributed by atoms with Gasteiger partial charge < -0.3 is 20.0 Å². The van der Waals surface area contributed by atoms with Gasteiger partial charge in [-0.1, -0.05) is 135 Å². The van der Waals surface area contributed by atoms with Crippen LogP contribution >= 0.6 is 0 Å². The standard InChI is InChI=1S/C57H48N4/c1-57(2,44-22-21-35-53(42-44)60(48-27-13-5-14-28-48)49-29-15-6-16-30-49)55-43-54(61(50-31-17-7-18-32-50)51-33-19-8-20-34-51)40-41-56(55)58-45-36-38-52(39-37-45)59(46-23-9-3-10-24-46)47-25-11-4-12-26-47/h3-43,58H,1-2H3. The number of anilines is 11. The molecule has 4 nitrogen and oxygen atoms in total. The van der Waals surface area contributed by atoms with Gasteiger partial charge in [0.15, 0.2) is 0 Å². The Morgan fingerprint density at radius 1 is 0.295 bits per heavy atom. The molecule has 1 N–H and O–H groups in total. The van der Waals surface area contributed by atoms with Crippen molar-refractivity contribution in [2.75, 3.05) is 20.0 Å². The van der Waals surface area contributed by atoms with E-state index in [9.17, 15) is 0 Å². The van der Waals surface area contributed by atoms with Gasteiger partial charge in [-0.15, -0.1) is 0 Å². The minimum absolute atomic E-state index is 0.441. The molecule has 0 radical (unpaired) electrons. The molecule has 0 unspecified atom stereocenters. The summed E-state index contributed by atoms with van der Waals surface area (Å²) >= 11 is 0. The molecule has 296 valence electrons. The third kappa shape index (κ3) is 8.38. The summed E-state index contributed by atoms with van der Waals surface area (Å²) in [5.41, 5.74) is 13.9. The first-order valence-electron chi connectivity index (χ1n) is 20.9. The van der Waals surface area contributed by atoms with Crippen LogP contribution in [0.3, 0.4) is 0 Å². The van der Waals surface area contributed by atoms with Crippen molar-refractivity contribution in [3.8, 4) is 0 Å². The van der Waals surface area contributed by atoms with Gasteiger partial charge in [0.05, 0.1) is 0 Å². The van der Waals surface area contributed by atoms with E-state index < -0.39 is 5.41 Å². The zero-order chi connectivity index (χ0) is 41.4. The zero-order valence-electron chi connectivity index (χ0n) is 34.5. The quantitative estimate of drug-likeness (QED) is 0.126. The molecule has 0 aliphatic heterocycles. The highest BCUT2D eigenvalue weighted by molar-refractivity contribution is 5.82. The van der Waals surface area contributed by atoms with Crippen LogP contribution in [0.15, 0.2) is 249 Å². The van der Waals surface area contributed by atoms with Gasteiger partial charge in [-0.3, -0.25) is 0 Å². The van der Waals surface area contributed by atoms with E-state index in [1.165, 1.54) is 11.1 Å². The van der Waals surface area contributed by atoms with Crippen molar-refractivity contribution in [2.45, 2.75) is 19.3 Å². The Kier molecular flexibility index (Phi) is 11.1. The minimum Gasteiger partial charge on any atom is -0.355 e. The van der Waals surface area contributed by atoms with Crippen LogP contribution in [-0.2, 0) is 5.41 Å². The molecule has 9 aromatic rings. The van der Waals surface area contributed by atoms with Crippen LogP contribution in [0.5, 0.6) is 0 Å². The lowest BCUT2D eigenvalue weighted by Crippen LogP contribution is -2.22. The minimum atomic E-state index is -0.441. The third-order valence-electron chi connectivity index (χ3n) is 11.3. The van der Waals surface area contributed by atoms with Gasteiger partial charge in [0.2, 0.25) is 0 Å². The van der Waals surface area contributed by atoms with Crippen molar-refractivity contribution < 1.29 is 0 Å². The lowest BCUT2D eigenvalue weighted by Gasteiger charge is -2.33. The van der Waals surface area contributed by atoms with E-state index in [1.807, 2.05) is 0 Å². The number of hydrogen-bond donors (Lipinski definition) is 1. The Labute approximate surface area is 360 Å². The van der Waals surface area contributed by atoms with E-state index in [-0.39, 0.29) is 0 Å². The van der Waals surface area contributed by atoms with Crippen LogP contribution in [0.4, 0.5) is 62.6 Å². The second-order valence-corrected chi connectivity index (χ2v) is 15.6. The maximum atomic E-state index is 3.88. The summed E-state index contributed by atoms with van der Waals surface area (Å²) in [7, 11) is 0. The number of para-hydroxylation sites is 6. The fraction of sp³-hybridized carbons (Fsp3) is 0.0526. The summed E-state index contributed by atoms with van der Waals surface area (Å²) in [6, 6.07) is 88.1. The monoisotopic (exact) mass is 788 g/mol. The molecular formula is C57H48N4. The predicted octanol–water partition coefficient (Wildman–Crippen LogP) is 16.2. The highest BCUT2D eigenvalue weighted by Gasteiger charge is 2.29. The van der Waals surface area contributed by atoms with Crippen LogP contribution in [0.1, 0.15) is 25.0 Å². The zero-order valence-corrected chi connectivity index (χ0v) is 34.5. The van der Waals surface area contributed by atoms with E-state index in [2.05, 4.69) is 283 Å². The molecule has 0 fully saturated rings. The summed E-state index contributed by atoms with van der Waals surface area (Å²) < 4.78 is 0. The van der Waals surface area contributed by atoms with Crippen molar-refractivity contribution in [1.29, 1.82) is 0 Å². The van der Waals surface area contributed by atoms with Gasteiger partial charge in [-0.25, -0.2) is 0 Å². The molecule has 0 spiro atoms. The fourth-order valence-corrected chi connectivity index (χ4v) is 8.14. The first-order chi connectivity index (χ1) is 30.0. The van der Waals surface area contributed by atoms with E-state index in [1.54, 1.807) is 0 Å². The van der Waals surface area contributed by atoms with Gasteiger partial charge in [0, 0.05) is 68.0 Å². The molecule has 0 atom stereocenters. The number of rotatable bonds is 13. The van der Waals surface area contributed by atoms with Gasteiger partial charge >= 0.3 is 0 Å². The van der Waals surface area contributed by atoms with Crippen LogP contribution in [0.2, 0.25) is 0 Å². The van der Waals surface area contributed by atoms with Crippen molar-refractivity contribution >= 4 is 62.6 Å². The summed E-state index contributed by atoms with van der Waals surface area (Å²) in [5.74, 6) is 0. The van der Waals surface area contributed by atoms with Gasteiger partial charge in [-0.2, -0.15) is 0 Å². The third-order valence-corrected chi connectivity index (χ3v) is 11.3. The Bertz CT molecular complexity index is 2660. The molecule has 4 heteroatoms. The average molecular weight is 789 g/mol. The maximum absolute atomic E-state index is 3.88. The molecular weight excluding hydrogens is 741 g/mol. The lowest BCUT2D eigenvalue weighted by atomic mass is 9.76. The van der Waals surface area contributed by atoms with Crippen LogP contribution in [-0.4, -0.2) is 0 Å². The van der Waals surface area contributed by atoms with Gasteiger partial charge in [-0.05, 0) is 139 Å². The highest BCUT2D eigenvalue weighted by atomic mass is 15.2. The molecule has 0 amide bonds. The summed E-state index contributed by atoms with van der Waals surface area (Å²) in [6.45, 7) is 4.67. The number of nitrogens with one attached hydrogen (secondary N) is 1. The molecule has 0 aromatic heterocycles. The van der Waals surface area contributed by atoms with Crippen LogP contribution in [0.25, 0.3) is 0 Å². The summed E-state index contributed by atoms with van der Waals surface area (Å²) in [5, 5.41) is 3.88. The fourth-order valence-electron chi connectivity index (χ4n) is 8.14. The van der Waals surface area contributed by atoms with E-state index in [0.29, 0.717) is 0 Å². The molecule has 0 aliphatic rings. The first-order valence-corrected chi connectivity index (χ1v) is 20.9. The molecule has 0 heterocycles. The molecule has 9 rings (SSSR count). The summed E-state index contributed by atoms with van der Waals surface area (Å²) in [4.78, 5) is 6.95. The predicted molar refractivity (Wildman–Crippen MR) is 259 cm³/mol. The number of hydrogen-bond acceptors (Lipinski definition) is 4. The molecule has 9 aromatic carbocycles. The van der Waals surface area contributed by atoms with E-state index in [0.717, 1.165) is 62.6 Å². The molecule has 0 saturated carbocycles. The molecule has 61 heavy (non-hydrogen) atoms. The van der Waals surface area contributed by atoms with Crippen molar-refractivity contribution in [3.05, 3.63) is 260 Å². The summed E-state index contributed by atoms with van der Waals surface area (Å²) in [6.07, 6.45) is 0. The highest BCUT2D eigenvalue weighted by Crippen LogP contribution is 2.45. The SMILES string of the molecule is CC(C)(c1cccc(N(c2ccccc2)c2ccccc2)c1)c1cc(N(c2ccccc2)c2ccccc2)ccc1Nc1ccc(N(c2ccccc2)c2ccccc2)cc1. The van der Waals surface area contributed by atoms with Crippen molar-refractivity contribution in [3.63, 3.8) is 0 Å². The second kappa shape index (κ2) is 17.6. The lowest BCUT2D eigenvalue weighted by molar-refractivity contribution is 0.643. The second-order valence-electron chi connectivity index (χ2n) is 15.6. The Balaban J connectivity index is 1.15. The number of nitrogens with zero attached hydrogens (tertiary/aromatic N) is 3. The Hall–Kier alpha value is -7.82. The Morgan fingerprint density at radius 3 is 1.00 bits per heavy atom. The maximum Gasteiger partial charge on any atom is 0.0466 e.